The van der Waals surface area contributed by atoms with Crippen LogP contribution in [0.15, 0.2) is 48.5 Å². The largest absolute Gasteiger partial charge is 0.366 e. The highest BCUT2D eigenvalue weighted by Crippen LogP contribution is 2.11. The van der Waals surface area contributed by atoms with Crippen LogP contribution in [0.4, 0.5) is 5.69 Å². The lowest BCUT2D eigenvalue weighted by Crippen LogP contribution is -3.27. The van der Waals surface area contributed by atoms with Crippen molar-refractivity contribution >= 4 is 23.4 Å². The highest BCUT2D eigenvalue weighted by atomic mass is 16.2. The van der Waals surface area contributed by atoms with Crippen molar-refractivity contribution in [2.75, 3.05) is 45.1 Å². The van der Waals surface area contributed by atoms with E-state index in [1.54, 1.807) is 0 Å². The monoisotopic (exact) mass is 425 g/mol. The number of aryl methyl sites for hydroxylation is 1. The third kappa shape index (κ3) is 6.13. The second kappa shape index (κ2) is 10.2. The summed E-state index contributed by atoms with van der Waals surface area (Å²) in [6, 6.07) is 14.5. The van der Waals surface area contributed by atoms with Crippen LogP contribution in [0.25, 0.3) is 0 Å². The molecule has 8 nitrogen and oxygen atoms in total. The normalized spacial score (nSPS) is 19.3. The first-order chi connectivity index (χ1) is 14.8. The van der Waals surface area contributed by atoms with Crippen LogP contribution >= 0.6 is 0 Å². The molecule has 0 saturated carbocycles. The molecular weight excluding hydrogens is 394 g/mol. The zero-order chi connectivity index (χ0) is 22.4. The molecule has 3 amide bonds. The molecule has 0 unspecified atom stereocenters. The van der Waals surface area contributed by atoms with E-state index in [0.29, 0.717) is 17.8 Å². The van der Waals surface area contributed by atoms with Gasteiger partial charge in [0.1, 0.15) is 32.2 Å². The Balaban J connectivity index is 1.62. The average Bonchev–Trinajstić information content (AvgIpc) is 2.76. The highest BCUT2D eigenvalue weighted by Gasteiger charge is 2.30. The molecular formula is C23H31N5O3+2. The van der Waals surface area contributed by atoms with E-state index in [-0.39, 0.29) is 6.04 Å². The molecule has 1 heterocycles. The molecule has 1 atom stereocenters. The van der Waals surface area contributed by atoms with Gasteiger partial charge in [-0.3, -0.25) is 14.4 Å². The number of hydrogen-bond donors (Lipinski definition) is 5. The van der Waals surface area contributed by atoms with Crippen LogP contribution in [-0.2, 0) is 9.59 Å². The Morgan fingerprint density at radius 2 is 1.55 bits per heavy atom. The summed E-state index contributed by atoms with van der Waals surface area (Å²) in [5.41, 5.74) is 8.31. The fraction of sp³-hybridized carbons (Fsp3) is 0.348. The molecule has 1 aliphatic rings. The molecule has 164 valence electrons. The summed E-state index contributed by atoms with van der Waals surface area (Å²) < 4.78 is 0. The van der Waals surface area contributed by atoms with E-state index in [4.69, 9.17) is 5.73 Å². The number of quaternary nitrogens is 2. The average molecular weight is 426 g/mol. The maximum absolute atomic E-state index is 12.4. The smallest absolute Gasteiger partial charge is 0.313 e. The second-order valence-corrected chi connectivity index (χ2v) is 8.18. The van der Waals surface area contributed by atoms with E-state index >= 15 is 0 Å². The van der Waals surface area contributed by atoms with Gasteiger partial charge in [-0.05, 0) is 31.2 Å². The van der Waals surface area contributed by atoms with Crippen molar-refractivity contribution in [3.63, 3.8) is 0 Å². The Labute approximate surface area is 182 Å². The summed E-state index contributed by atoms with van der Waals surface area (Å²) in [6.07, 6.45) is 0. The minimum Gasteiger partial charge on any atom is -0.366 e. The minimum absolute atomic E-state index is 0.0836. The van der Waals surface area contributed by atoms with Gasteiger partial charge < -0.3 is 26.2 Å². The van der Waals surface area contributed by atoms with Gasteiger partial charge in [0.15, 0.2) is 0 Å². The van der Waals surface area contributed by atoms with Crippen molar-refractivity contribution in [1.29, 1.82) is 0 Å². The highest BCUT2D eigenvalue weighted by molar-refractivity contribution is 6.39. The van der Waals surface area contributed by atoms with Gasteiger partial charge in [-0.15, -0.1) is 0 Å². The number of hydrogen-bond acceptors (Lipinski definition) is 3. The molecule has 0 radical (unpaired) electrons. The Morgan fingerprint density at radius 1 is 0.935 bits per heavy atom. The third-order valence-electron chi connectivity index (χ3n) is 5.82. The molecule has 8 heteroatoms. The number of likely N-dealkylation sites (N-methyl/N-ethyl adjacent to an activating group) is 1. The number of anilines is 1. The van der Waals surface area contributed by atoms with E-state index < -0.39 is 17.7 Å². The fourth-order valence-corrected chi connectivity index (χ4v) is 3.82. The number of primary amides is 1. The first-order valence-corrected chi connectivity index (χ1v) is 10.5. The van der Waals surface area contributed by atoms with Crippen molar-refractivity contribution in [3.8, 4) is 0 Å². The number of amides is 3. The molecule has 2 aromatic rings. The molecule has 31 heavy (non-hydrogen) atoms. The number of rotatable bonds is 6. The maximum atomic E-state index is 12.4. The lowest BCUT2D eigenvalue weighted by Gasteiger charge is -2.33. The van der Waals surface area contributed by atoms with Crippen molar-refractivity contribution in [3.05, 3.63) is 65.2 Å². The molecule has 2 aromatic carbocycles. The van der Waals surface area contributed by atoms with Crippen molar-refractivity contribution in [1.82, 2.24) is 5.32 Å². The van der Waals surface area contributed by atoms with Crippen LogP contribution in [-0.4, -0.2) is 57.5 Å². The number of carbonyl (C=O) groups is 3. The van der Waals surface area contributed by atoms with Crippen molar-refractivity contribution in [2.45, 2.75) is 13.0 Å². The zero-order valence-electron chi connectivity index (χ0n) is 18.0. The van der Waals surface area contributed by atoms with Crippen LogP contribution < -0.4 is 26.2 Å². The van der Waals surface area contributed by atoms with Gasteiger partial charge in [0.25, 0.3) is 0 Å². The van der Waals surface area contributed by atoms with Gasteiger partial charge in [0.05, 0.1) is 13.6 Å². The Morgan fingerprint density at radius 3 is 2.13 bits per heavy atom. The lowest BCUT2D eigenvalue weighted by atomic mass is 10.0. The summed E-state index contributed by atoms with van der Waals surface area (Å²) in [5.74, 6) is -1.98. The number of piperazine rings is 1. The van der Waals surface area contributed by atoms with Gasteiger partial charge in [-0.25, -0.2) is 0 Å². The maximum Gasteiger partial charge on any atom is 0.313 e. The summed E-state index contributed by atoms with van der Waals surface area (Å²) in [5, 5.41) is 5.35. The van der Waals surface area contributed by atoms with Crippen LogP contribution in [0.3, 0.4) is 0 Å². The van der Waals surface area contributed by atoms with Gasteiger partial charge in [-0.1, -0.05) is 29.8 Å². The summed E-state index contributed by atoms with van der Waals surface area (Å²) >= 11 is 0. The standard InChI is InChI=1S/C23H29N5O3/c1-16-3-5-17(6-4-16)20(28-13-11-27(2)12-14-28)15-25-22(30)23(31)26-19-9-7-18(8-10-19)21(24)29/h3-10,20H,11-15H2,1-2H3,(H2,24,29)(H,25,30)(H,26,31)/p+2/t20-/m1/s1. The molecule has 6 N–H and O–H groups in total. The molecule has 1 saturated heterocycles. The third-order valence-corrected chi connectivity index (χ3v) is 5.82. The minimum atomic E-state index is -0.743. The quantitative estimate of drug-likeness (QED) is 0.356. The SMILES string of the molecule is Cc1ccc([C@@H](CNC(=O)C(=O)Nc2ccc(C(N)=O)cc2)[NH+]2CC[NH+](C)CC2)cc1. The molecule has 1 aliphatic heterocycles. The Bertz CT molecular complexity index is 919. The predicted octanol–water partition coefficient (Wildman–Crippen LogP) is -1.70. The number of carbonyl (C=O) groups excluding carboxylic acids is 3. The summed E-state index contributed by atoms with van der Waals surface area (Å²) in [4.78, 5) is 38.8. The molecule has 0 aliphatic carbocycles. The number of nitrogens with one attached hydrogen (secondary N) is 4. The van der Waals surface area contributed by atoms with Gasteiger partial charge in [0.2, 0.25) is 5.91 Å². The Hall–Kier alpha value is -3.23. The van der Waals surface area contributed by atoms with Gasteiger partial charge >= 0.3 is 11.8 Å². The number of nitrogens with two attached hydrogens (primary N) is 1. The second-order valence-electron chi connectivity index (χ2n) is 8.18. The predicted molar refractivity (Wildman–Crippen MR) is 118 cm³/mol. The Kier molecular flexibility index (Phi) is 7.38. The van der Waals surface area contributed by atoms with E-state index in [9.17, 15) is 14.4 Å². The van der Waals surface area contributed by atoms with E-state index in [2.05, 4.69) is 41.9 Å². The van der Waals surface area contributed by atoms with Crippen molar-refractivity contribution < 1.29 is 24.2 Å². The van der Waals surface area contributed by atoms with Crippen LogP contribution in [0, 0.1) is 6.92 Å². The molecule has 3 rings (SSSR count). The van der Waals surface area contributed by atoms with Crippen LogP contribution in [0.1, 0.15) is 27.5 Å². The van der Waals surface area contributed by atoms with Crippen molar-refractivity contribution in [2.24, 2.45) is 5.73 Å². The molecule has 0 aromatic heterocycles. The van der Waals surface area contributed by atoms with E-state index in [1.807, 2.05) is 6.92 Å². The van der Waals surface area contributed by atoms with E-state index in [0.717, 1.165) is 31.7 Å². The van der Waals surface area contributed by atoms with E-state index in [1.165, 1.54) is 39.6 Å². The molecule has 0 spiro atoms. The van der Waals surface area contributed by atoms with Crippen LogP contribution in [0.2, 0.25) is 0 Å². The topological polar surface area (TPSA) is 110 Å². The van der Waals surface area contributed by atoms with Gasteiger partial charge in [-0.2, -0.15) is 0 Å². The zero-order valence-corrected chi connectivity index (χ0v) is 18.0. The fourth-order valence-electron chi connectivity index (χ4n) is 3.82. The first kappa shape index (κ1) is 22.5. The lowest BCUT2D eigenvalue weighted by molar-refractivity contribution is -1.02. The molecule has 0 bridgehead atoms. The summed E-state index contributed by atoms with van der Waals surface area (Å²) in [7, 11) is 2.19. The van der Waals surface area contributed by atoms with Crippen LogP contribution in [0.5, 0.6) is 0 Å². The molecule has 1 fully saturated rings. The van der Waals surface area contributed by atoms with Gasteiger partial charge in [0, 0.05) is 16.8 Å². The first-order valence-electron chi connectivity index (χ1n) is 10.5. The summed E-state index contributed by atoms with van der Waals surface area (Å²) in [6.45, 7) is 6.61. The number of benzene rings is 2.